The molecule has 1 heterocycles. The van der Waals surface area contributed by atoms with E-state index in [0.717, 1.165) is 31.2 Å². The fourth-order valence-electron chi connectivity index (χ4n) is 2.80. The second kappa shape index (κ2) is 7.88. The fraction of sp³-hybridized carbons (Fsp3) is 0.632. The van der Waals surface area contributed by atoms with Crippen molar-refractivity contribution in [1.82, 2.24) is 15.5 Å². The highest BCUT2D eigenvalue weighted by Gasteiger charge is 2.33. The lowest BCUT2D eigenvalue weighted by atomic mass is 9.90. The summed E-state index contributed by atoms with van der Waals surface area (Å²) < 4.78 is 6.11. The highest BCUT2D eigenvalue weighted by atomic mass is 16.5. The zero-order valence-electron chi connectivity index (χ0n) is 15.9. The lowest BCUT2D eigenvalue weighted by Crippen LogP contribution is -2.45. The Labute approximate surface area is 146 Å². The zero-order valence-corrected chi connectivity index (χ0v) is 15.9. The Morgan fingerprint density at radius 2 is 2.08 bits per heavy atom. The molecular weight excluding hydrogens is 300 g/mol. The van der Waals surface area contributed by atoms with E-state index in [-0.39, 0.29) is 11.6 Å². The average Bonchev–Trinajstić information content (AvgIpc) is 2.51. The van der Waals surface area contributed by atoms with Gasteiger partial charge in [-0.25, -0.2) is 0 Å². The third-order valence-electron chi connectivity index (χ3n) is 4.43. The van der Waals surface area contributed by atoms with E-state index in [2.05, 4.69) is 69.5 Å². The molecule has 0 bridgehead atoms. The molecular formula is C19H32N4O. The first-order valence-corrected chi connectivity index (χ1v) is 8.81. The summed E-state index contributed by atoms with van der Waals surface area (Å²) in [4.78, 5) is 6.94. The van der Waals surface area contributed by atoms with Crippen LogP contribution in [0, 0.1) is 0 Å². The van der Waals surface area contributed by atoms with Gasteiger partial charge in [0.15, 0.2) is 5.96 Å². The molecule has 5 nitrogen and oxygen atoms in total. The Morgan fingerprint density at radius 3 is 2.75 bits per heavy atom. The van der Waals surface area contributed by atoms with E-state index >= 15 is 0 Å². The van der Waals surface area contributed by atoms with E-state index in [0.29, 0.717) is 6.04 Å². The topological polar surface area (TPSA) is 48.9 Å². The molecule has 1 aromatic carbocycles. The molecule has 2 unspecified atom stereocenters. The smallest absolute Gasteiger partial charge is 0.191 e. The molecule has 1 aliphatic rings. The predicted octanol–water partition coefficient (Wildman–Crippen LogP) is 2.79. The number of likely N-dealkylation sites (N-methyl/N-ethyl adjacent to an activating group) is 1. The molecule has 0 fully saturated rings. The van der Waals surface area contributed by atoms with Gasteiger partial charge >= 0.3 is 0 Å². The normalized spacial score (nSPS) is 21.0. The number of aliphatic imine (C=N–C) groups is 1. The van der Waals surface area contributed by atoms with Gasteiger partial charge < -0.3 is 20.3 Å². The summed E-state index contributed by atoms with van der Waals surface area (Å²) in [5.74, 6) is 1.83. The highest BCUT2D eigenvalue weighted by molar-refractivity contribution is 5.80. The highest BCUT2D eigenvalue weighted by Crippen LogP contribution is 2.39. The number of fused-ring (bicyclic) bond motifs is 1. The molecule has 5 heteroatoms. The summed E-state index contributed by atoms with van der Waals surface area (Å²) in [6, 6.07) is 8.86. The van der Waals surface area contributed by atoms with E-state index in [4.69, 9.17) is 9.73 Å². The van der Waals surface area contributed by atoms with E-state index in [1.54, 1.807) is 0 Å². The van der Waals surface area contributed by atoms with Gasteiger partial charge in [0.05, 0.1) is 12.6 Å². The summed E-state index contributed by atoms with van der Waals surface area (Å²) in [6.07, 6.45) is 0.900. The van der Waals surface area contributed by atoms with E-state index in [9.17, 15) is 0 Å². The number of hydrogen-bond donors (Lipinski definition) is 2. The van der Waals surface area contributed by atoms with Gasteiger partial charge in [0.2, 0.25) is 0 Å². The Morgan fingerprint density at radius 1 is 1.38 bits per heavy atom. The van der Waals surface area contributed by atoms with Gasteiger partial charge in [-0.2, -0.15) is 0 Å². The quantitative estimate of drug-likeness (QED) is 0.643. The maximum atomic E-state index is 6.11. The maximum absolute atomic E-state index is 6.11. The summed E-state index contributed by atoms with van der Waals surface area (Å²) >= 11 is 0. The maximum Gasteiger partial charge on any atom is 0.191 e. The Bertz CT molecular complexity index is 568. The van der Waals surface area contributed by atoms with Crippen LogP contribution in [0.4, 0.5) is 0 Å². The van der Waals surface area contributed by atoms with Crippen molar-refractivity contribution in [3.8, 4) is 5.75 Å². The first-order valence-electron chi connectivity index (χ1n) is 8.81. The van der Waals surface area contributed by atoms with Crippen LogP contribution in [-0.2, 0) is 0 Å². The van der Waals surface area contributed by atoms with E-state index < -0.39 is 0 Å². The average molecular weight is 332 g/mol. The largest absolute Gasteiger partial charge is 0.487 e. The number of para-hydroxylation sites is 1. The monoisotopic (exact) mass is 332 g/mol. The Balaban J connectivity index is 2.17. The van der Waals surface area contributed by atoms with Crippen molar-refractivity contribution in [2.45, 2.75) is 51.8 Å². The molecule has 0 amide bonds. The van der Waals surface area contributed by atoms with Gasteiger partial charge in [-0.05, 0) is 47.9 Å². The Hall–Kier alpha value is -1.75. The molecule has 0 spiro atoms. The minimum Gasteiger partial charge on any atom is -0.487 e. The lowest BCUT2D eigenvalue weighted by molar-refractivity contribution is 0.0694. The van der Waals surface area contributed by atoms with Crippen LogP contribution in [0.1, 0.15) is 45.7 Å². The van der Waals surface area contributed by atoms with Gasteiger partial charge in [-0.3, -0.25) is 4.99 Å². The van der Waals surface area contributed by atoms with Crippen molar-refractivity contribution in [2.75, 3.05) is 27.2 Å². The predicted molar refractivity (Wildman–Crippen MR) is 101 cm³/mol. The third kappa shape index (κ3) is 4.87. The lowest BCUT2D eigenvalue weighted by Gasteiger charge is -2.38. The van der Waals surface area contributed by atoms with E-state index in [1.165, 1.54) is 5.56 Å². The summed E-state index contributed by atoms with van der Waals surface area (Å²) in [5, 5.41) is 6.97. The Kier molecular flexibility index (Phi) is 6.10. The van der Waals surface area contributed by atoms with Crippen LogP contribution in [0.25, 0.3) is 0 Å². The van der Waals surface area contributed by atoms with Crippen molar-refractivity contribution < 1.29 is 4.74 Å². The number of guanidine groups is 1. The molecule has 0 aliphatic carbocycles. The molecule has 134 valence electrons. The van der Waals surface area contributed by atoms with Crippen LogP contribution < -0.4 is 15.4 Å². The minimum absolute atomic E-state index is 0.192. The number of nitrogens with one attached hydrogen (secondary N) is 2. The van der Waals surface area contributed by atoms with Crippen molar-refractivity contribution >= 4 is 5.96 Å². The summed E-state index contributed by atoms with van der Waals surface area (Å²) in [7, 11) is 4.16. The fourth-order valence-corrected chi connectivity index (χ4v) is 2.80. The molecule has 0 saturated heterocycles. The van der Waals surface area contributed by atoms with Gasteiger partial charge in [-0.15, -0.1) is 0 Å². The standard InChI is InChI=1S/C19H32N4O/c1-7-20-18(21-13-14(2)23(5)6)22-16-12-19(3,4)24-17-11-9-8-10-15(16)17/h8-11,14,16H,7,12-13H2,1-6H3,(H2,20,21,22). The second-order valence-electron chi connectivity index (χ2n) is 7.33. The SMILES string of the molecule is CCNC(=NCC(C)N(C)C)NC1CC(C)(C)Oc2ccccc21. The van der Waals surface area contributed by atoms with Gasteiger partial charge in [-0.1, -0.05) is 18.2 Å². The number of hydrogen-bond acceptors (Lipinski definition) is 3. The molecule has 2 atom stereocenters. The number of rotatable bonds is 5. The van der Waals surface area contributed by atoms with Crippen molar-refractivity contribution in [3.63, 3.8) is 0 Å². The zero-order chi connectivity index (χ0) is 17.7. The number of nitrogens with zero attached hydrogens (tertiary/aromatic N) is 2. The van der Waals surface area contributed by atoms with Crippen molar-refractivity contribution in [3.05, 3.63) is 29.8 Å². The first-order chi connectivity index (χ1) is 11.3. The van der Waals surface area contributed by atoms with Gasteiger partial charge in [0.1, 0.15) is 11.4 Å². The van der Waals surface area contributed by atoms with Crippen LogP contribution in [0.15, 0.2) is 29.3 Å². The van der Waals surface area contributed by atoms with E-state index in [1.807, 2.05) is 12.1 Å². The number of ether oxygens (including phenoxy) is 1. The van der Waals surface area contributed by atoms with Crippen LogP contribution in [0.2, 0.25) is 0 Å². The van der Waals surface area contributed by atoms with Crippen LogP contribution in [-0.4, -0.2) is 49.7 Å². The molecule has 0 saturated carbocycles. The number of benzene rings is 1. The molecule has 1 aromatic rings. The van der Waals surface area contributed by atoms with Crippen molar-refractivity contribution in [2.24, 2.45) is 4.99 Å². The molecule has 2 N–H and O–H groups in total. The van der Waals surface area contributed by atoms with Crippen LogP contribution in [0.5, 0.6) is 5.75 Å². The second-order valence-corrected chi connectivity index (χ2v) is 7.33. The molecule has 1 aliphatic heterocycles. The van der Waals surface area contributed by atoms with Crippen molar-refractivity contribution in [1.29, 1.82) is 0 Å². The van der Waals surface area contributed by atoms with Gasteiger partial charge in [0.25, 0.3) is 0 Å². The van der Waals surface area contributed by atoms with Crippen LogP contribution >= 0.6 is 0 Å². The molecule has 0 radical (unpaired) electrons. The summed E-state index contributed by atoms with van der Waals surface area (Å²) in [5.41, 5.74) is 1.00. The van der Waals surface area contributed by atoms with Gasteiger partial charge in [0, 0.05) is 24.6 Å². The third-order valence-corrected chi connectivity index (χ3v) is 4.43. The molecule has 0 aromatic heterocycles. The van der Waals surface area contributed by atoms with Crippen LogP contribution in [0.3, 0.4) is 0 Å². The first kappa shape index (κ1) is 18.6. The summed E-state index contributed by atoms with van der Waals surface area (Å²) in [6.45, 7) is 10.1. The molecule has 2 rings (SSSR count). The minimum atomic E-state index is -0.194. The molecule has 24 heavy (non-hydrogen) atoms.